The van der Waals surface area contributed by atoms with Crippen LogP contribution in [0.15, 0.2) is 36.4 Å². The Morgan fingerprint density at radius 3 is 2.55 bits per heavy atom. The van der Waals surface area contributed by atoms with Gasteiger partial charge < -0.3 is 15.2 Å². The van der Waals surface area contributed by atoms with Crippen molar-refractivity contribution in [1.29, 1.82) is 0 Å². The van der Waals surface area contributed by atoms with Crippen molar-refractivity contribution in [3.63, 3.8) is 0 Å². The van der Waals surface area contributed by atoms with E-state index in [1.807, 2.05) is 24.3 Å². The van der Waals surface area contributed by atoms with Crippen molar-refractivity contribution < 1.29 is 13.9 Å². The van der Waals surface area contributed by atoms with Gasteiger partial charge in [0.2, 0.25) is 0 Å². The highest BCUT2D eigenvalue weighted by molar-refractivity contribution is 5.68. The summed E-state index contributed by atoms with van der Waals surface area (Å²) in [6.07, 6.45) is 0.851. The molecule has 0 spiro atoms. The van der Waals surface area contributed by atoms with Crippen LogP contribution in [0.2, 0.25) is 0 Å². The monoisotopic (exact) mass is 273 g/mol. The summed E-state index contributed by atoms with van der Waals surface area (Å²) in [5.74, 6) is 1.11. The Labute approximate surface area is 117 Å². The number of benzene rings is 2. The molecule has 20 heavy (non-hydrogen) atoms. The van der Waals surface area contributed by atoms with Gasteiger partial charge in [-0.25, -0.2) is 4.39 Å². The maximum atomic E-state index is 14.1. The van der Waals surface area contributed by atoms with Gasteiger partial charge in [0.25, 0.3) is 0 Å². The molecule has 0 saturated carbocycles. The molecule has 1 heterocycles. The smallest absolute Gasteiger partial charge is 0.161 e. The maximum absolute atomic E-state index is 14.1. The molecule has 2 aromatic rings. The molecule has 3 rings (SSSR count). The molecule has 0 fully saturated rings. The predicted octanol–water partition coefficient (Wildman–Crippen LogP) is 3.11. The van der Waals surface area contributed by atoms with Gasteiger partial charge in [-0.2, -0.15) is 0 Å². The zero-order chi connectivity index (χ0) is 13.9. The van der Waals surface area contributed by atoms with E-state index >= 15 is 0 Å². The Hall–Kier alpha value is -2.07. The van der Waals surface area contributed by atoms with E-state index in [9.17, 15) is 4.39 Å². The van der Waals surface area contributed by atoms with Crippen LogP contribution < -0.4 is 15.2 Å². The molecule has 0 atom stereocenters. The minimum absolute atomic E-state index is 0.276. The molecule has 2 N–H and O–H groups in total. The fraction of sp³-hybridized carbons (Fsp3) is 0.250. The van der Waals surface area contributed by atoms with E-state index in [1.165, 1.54) is 6.07 Å². The van der Waals surface area contributed by atoms with E-state index < -0.39 is 0 Å². The van der Waals surface area contributed by atoms with Crippen LogP contribution in [0, 0.1) is 5.82 Å². The van der Waals surface area contributed by atoms with Gasteiger partial charge >= 0.3 is 0 Å². The molecule has 104 valence electrons. The van der Waals surface area contributed by atoms with Crippen molar-refractivity contribution >= 4 is 0 Å². The highest BCUT2D eigenvalue weighted by atomic mass is 19.1. The first-order chi connectivity index (χ1) is 9.78. The molecule has 3 nitrogen and oxygen atoms in total. The van der Waals surface area contributed by atoms with Gasteiger partial charge in [0.1, 0.15) is 5.82 Å². The van der Waals surface area contributed by atoms with Gasteiger partial charge in [-0.3, -0.25) is 0 Å². The van der Waals surface area contributed by atoms with Crippen LogP contribution in [0.3, 0.4) is 0 Å². The second kappa shape index (κ2) is 5.51. The van der Waals surface area contributed by atoms with Crippen LogP contribution in [0.1, 0.15) is 12.0 Å². The first-order valence-corrected chi connectivity index (χ1v) is 6.66. The topological polar surface area (TPSA) is 44.5 Å². The van der Waals surface area contributed by atoms with E-state index in [2.05, 4.69) is 0 Å². The van der Waals surface area contributed by atoms with Crippen molar-refractivity contribution in [2.45, 2.75) is 13.0 Å². The lowest BCUT2D eigenvalue weighted by atomic mass is 10.0. The van der Waals surface area contributed by atoms with E-state index in [4.69, 9.17) is 15.2 Å². The third-order valence-corrected chi connectivity index (χ3v) is 3.33. The molecule has 2 aromatic carbocycles. The standard InChI is InChI=1S/C16H16FNO2/c17-14-8-11(10-18)2-4-13(14)12-3-5-15-16(9-12)20-7-1-6-19-15/h2-5,8-9H,1,6-7,10,18H2. The Balaban J connectivity index is 2.00. The molecule has 0 unspecified atom stereocenters. The lowest BCUT2D eigenvalue weighted by molar-refractivity contribution is 0.297. The number of hydrogen-bond acceptors (Lipinski definition) is 3. The molecule has 1 aliphatic heterocycles. The van der Waals surface area contributed by atoms with Crippen LogP contribution in [-0.2, 0) is 6.54 Å². The molecule has 0 saturated heterocycles. The molecular weight excluding hydrogens is 257 g/mol. The van der Waals surface area contributed by atoms with Gasteiger partial charge in [0.15, 0.2) is 11.5 Å². The van der Waals surface area contributed by atoms with Gasteiger partial charge in [0.05, 0.1) is 13.2 Å². The minimum atomic E-state index is -0.276. The van der Waals surface area contributed by atoms with Crippen molar-refractivity contribution in [1.82, 2.24) is 0 Å². The second-order valence-electron chi connectivity index (χ2n) is 4.73. The van der Waals surface area contributed by atoms with E-state index in [1.54, 1.807) is 6.07 Å². The molecule has 4 heteroatoms. The molecule has 0 aromatic heterocycles. The summed E-state index contributed by atoms with van der Waals surface area (Å²) in [6, 6.07) is 10.5. The quantitative estimate of drug-likeness (QED) is 0.914. The summed E-state index contributed by atoms with van der Waals surface area (Å²) in [6.45, 7) is 1.59. The Morgan fingerprint density at radius 2 is 1.80 bits per heavy atom. The molecular formula is C16H16FNO2. The summed E-state index contributed by atoms with van der Waals surface area (Å²) in [7, 11) is 0. The van der Waals surface area contributed by atoms with Crippen LogP contribution >= 0.6 is 0 Å². The summed E-state index contributed by atoms with van der Waals surface area (Å²) in [5.41, 5.74) is 7.60. The molecule has 0 aliphatic carbocycles. The predicted molar refractivity (Wildman–Crippen MR) is 75.3 cm³/mol. The third-order valence-electron chi connectivity index (χ3n) is 3.33. The average molecular weight is 273 g/mol. The Morgan fingerprint density at radius 1 is 1.00 bits per heavy atom. The van der Waals surface area contributed by atoms with E-state index in [-0.39, 0.29) is 5.82 Å². The van der Waals surface area contributed by atoms with Crippen molar-refractivity contribution in [2.75, 3.05) is 13.2 Å². The molecule has 0 radical (unpaired) electrons. The first kappa shape index (κ1) is 12.9. The summed E-state index contributed by atoms with van der Waals surface area (Å²) in [5, 5.41) is 0. The summed E-state index contributed by atoms with van der Waals surface area (Å²) in [4.78, 5) is 0. The average Bonchev–Trinajstić information content (AvgIpc) is 2.71. The highest BCUT2D eigenvalue weighted by Gasteiger charge is 2.13. The van der Waals surface area contributed by atoms with E-state index in [0.29, 0.717) is 36.8 Å². The number of ether oxygens (including phenoxy) is 2. The normalized spacial score (nSPS) is 13.9. The first-order valence-electron chi connectivity index (χ1n) is 6.66. The van der Waals surface area contributed by atoms with Gasteiger partial charge in [-0.05, 0) is 29.3 Å². The van der Waals surface area contributed by atoms with E-state index in [0.717, 1.165) is 17.5 Å². The van der Waals surface area contributed by atoms with Gasteiger partial charge in [-0.1, -0.05) is 18.2 Å². The third kappa shape index (κ3) is 2.47. The van der Waals surface area contributed by atoms with Gasteiger partial charge in [0, 0.05) is 18.5 Å². The number of halogens is 1. The van der Waals surface area contributed by atoms with Crippen LogP contribution in [0.25, 0.3) is 11.1 Å². The number of hydrogen-bond donors (Lipinski definition) is 1. The van der Waals surface area contributed by atoms with Crippen molar-refractivity contribution in [3.05, 3.63) is 47.8 Å². The second-order valence-corrected chi connectivity index (χ2v) is 4.73. The summed E-state index contributed by atoms with van der Waals surface area (Å²) < 4.78 is 25.3. The highest BCUT2D eigenvalue weighted by Crippen LogP contribution is 2.35. The molecule has 0 amide bonds. The van der Waals surface area contributed by atoms with Crippen molar-refractivity contribution in [3.8, 4) is 22.6 Å². The van der Waals surface area contributed by atoms with Gasteiger partial charge in [-0.15, -0.1) is 0 Å². The fourth-order valence-corrected chi connectivity index (χ4v) is 2.25. The number of fused-ring (bicyclic) bond motifs is 1. The Kier molecular flexibility index (Phi) is 3.56. The molecule has 1 aliphatic rings. The van der Waals surface area contributed by atoms with Crippen LogP contribution in [0.5, 0.6) is 11.5 Å². The lowest BCUT2D eigenvalue weighted by Gasteiger charge is -2.10. The largest absolute Gasteiger partial charge is 0.490 e. The zero-order valence-corrected chi connectivity index (χ0v) is 11.1. The van der Waals surface area contributed by atoms with Crippen molar-refractivity contribution in [2.24, 2.45) is 5.73 Å². The Bertz CT molecular complexity index is 628. The zero-order valence-electron chi connectivity index (χ0n) is 11.1. The minimum Gasteiger partial charge on any atom is -0.490 e. The number of rotatable bonds is 2. The van der Waals surface area contributed by atoms with Crippen LogP contribution in [-0.4, -0.2) is 13.2 Å². The SMILES string of the molecule is NCc1ccc(-c2ccc3c(c2)OCCCO3)c(F)c1. The van der Waals surface area contributed by atoms with Crippen LogP contribution in [0.4, 0.5) is 4.39 Å². The molecule has 0 bridgehead atoms. The lowest BCUT2D eigenvalue weighted by Crippen LogP contribution is -1.98. The summed E-state index contributed by atoms with van der Waals surface area (Å²) >= 11 is 0. The maximum Gasteiger partial charge on any atom is 0.161 e. The number of nitrogens with two attached hydrogens (primary N) is 1. The fourth-order valence-electron chi connectivity index (χ4n) is 2.25.